The first-order valence-corrected chi connectivity index (χ1v) is 8.40. The average molecular weight is 360 g/mol. The van der Waals surface area contributed by atoms with Gasteiger partial charge < -0.3 is 15.3 Å². The molecule has 0 heterocycles. The Morgan fingerprint density at radius 2 is 0.407 bits per heavy atom. The Balaban J connectivity index is 0.000000180. The molecule has 0 amide bonds. The molecule has 0 unspecified atom stereocenters. The maximum atomic E-state index is 8.63. The van der Waals surface area contributed by atoms with Gasteiger partial charge in [0.15, 0.2) is 0 Å². The molecule has 0 saturated heterocycles. The second-order valence-electron chi connectivity index (χ2n) is 5.16. The molecular formula is C24H24O3. The van der Waals surface area contributed by atoms with E-state index in [1.54, 1.807) is 72.8 Å². The van der Waals surface area contributed by atoms with Crippen LogP contribution in [0.4, 0.5) is 0 Å². The summed E-state index contributed by atoms with van der Waals surface area (Å²) in [6.45, 7) is 0. The maximum Gasteiger partial charge on any atom is 0.115 e. The Kier molecular flexibility index (Phi) is 11.5. The molecule has 0 spiro atoms. The molecule has 4 aromatic rings. The van der Waals surface area contributed by atoms with Crippen LogP contribution in [0.2, 0.25) is 0 Å². The predicted molar refractivity (Wildman–Crippen MR) is 111 cm³/mol. The molecule has 138 valence electrons. The summed E-state index contributed by atoms with van der Waals surface area (Å²) in [5.41, 5.74) is 0. The molecule has 3 nitrogen and oxygen atoms in total. The summed E-state index contributed by atoms with van der Waals surface area (Å²) < 4.78 is 0. The molecular weight excluding hydrogens is 336 g/mol. The lowest BCUT2D eigenvalue weighted by atomic mass is 10.3. The monoisotopic (exact) mass is 360 g/mol. The zero-order valence-corrected chi connectivity index (χ0v) is 15.0. The summed E-state index contributed by atoms with van der Waals surface area (Å²) >= 11 is 0. The lowest BCUT2D eigenvalue weighted by Gasteiger charge is -1.82. The zero-order chi connectivity index (χ0) is 19.6. The second kappa shape index (κ2) is 14.6. The molecule has 0 bridgehead atoms. The summed E-state index contributed by atoms with van der Waals surface area (Å²) in [5, 5.41) is 25.9. The van der Waals surface area contributed by atoms with Crippen LogP contribution < -0.4 is 0 Å². The molecule has 4 rings (SSSR count). The molecule has 0 saturated carbocycles. The van der Waals surface area contributed by atoms with Crippen LogP contribution in [0.5, 0.6) is 17.2 Å². The highest BCUT2D eigenvalue weighted by Crippen LogP contribution is 2.04. The quantitative estimate of drug-likeness (QED) is 0.368. The molecule has 27 heavy (non-hydrogen) atoms. The van der Waals surface area contributed by atoms with E-state index in [0.717, 1.165) is 0 Å². The summed E-state index contributed by atoms with van der Waals surface area (Å²) in [6, 6.07) is 38.1. The molecule has 3 heteroatoms. The summed E-state index contributed by atoms with van der Waals surface area (Å²) in [5.74, 6) is 0.965. The van der Waals surface area contributed by atoms with Crippen molar-refractivity contribution in [1.82, 2.24) is 0 Å². The second-order valence-corrected chi connectivity index (χ2v) is 5.16. The molecule has 0 fully saturated rings. The van der Waals surface area contributed by atoms with Gasteiger partial charge in [-0.1, -0.05) is 91.0 Å². The molecule has 0 aliphatic rings. The van der Waals surface area contributed by atoms with Gasteiger partial charge in [-0.2, -0.15) is 0 Å². The third kappa shape index (κ3) is 13.3. The van der Waals surface area contributed by atoms with E-state index in [4.69, 9.17) is 15.3 Å². The fourth-order valence-electron chi connectivity index (χ4n) is 1.67. The highest BCUT2D eigenvalue weighted by atomic mass is 16.3. The van der Waals surface area contributed by atoms with E-state index in [0.29, 0.717) is 17.2 Å². The highest BCUT2D eigenvalue weighted by Gasteiger charge is 1.76. The van der Waals surface area contributed by atoms with Gasteiger partial charge in [-0.05, 0) is 36.4 Å². The molecule has 0 aliphatic heterocycles. The Labute approximate surface area is 160 Å². The van der Waals surface area contributed by atoms with Crippen LogP contribution in [0.15, 0.2) is 127 Å². The van der Waals surface area contributed by atoms with Crippen molar-refractivity contribution in [1.29, 1.82) is 0 Å². The average Bonchev–Trinajstić information content (AvgIpc) is 2.73. The first-order chi connectivity index (χ1) is 13.2. The minimum absolute atomic E-state index is 0.322. The van der Waals surface area contributed by atoms with Crippen molar-refractivity contribution in [3.05, 3.63) is 127 Å². The molecule has 0 radical (unpaired) electrons. The van der Waals surface area contributed by atoms with Gasteiger partial charge in [-0.25, -0.2) is 0 Å². The van der Waals surface area contributed by atoms with Crippen molar-refractivity contribution in [3.63, 3.8) is 0 Å². The van der Waals surface area contributed by atoms with Gasteiger partial charge >= 0.3 is 0 Å². The molecule has 0 aromatic heterocycles. The number of aromatic hydroxyl groups is 3. The summed E-state index contributed by atoms with van der Waals surface area (Å²) in [4.78, 5) is 0. The predicted octanol–water partition coefficient (Wildman–Crippen LogP) is 5.86. The van der Waals surface area contributed by atoms with Gasteiger partial charge in [0.05, 0.1) is 0 Å². The van der Waals surface area contributed by atoms with Crippen LogP contribution in [0.1, 0.15) is 0 Å². The number of hydrogen-bond donors (Lipinski definition) is 3. The lowest BCUT2D eigenvalue weighted by Crippen LogP contribution is -1.56. The zero-order valence-electron chi connectivity index (χ0n) is 15.0. The fraction of sp³-hybridized carbons (Fsp3) is 0. The van der Waals surface area contributed by atoms with E-state index in [1.807, 2.05) is 54.6 Å². The van der Waals surface area contributed by atoms with Gasteiger partial charge in [0.25, 0.3) is 0 Å². The largest absolute Gasteiger partial charge is 0.508 e. The van der Waals surface area contributed by atoms with E-state index in [1.165, 1.54) is 0 Å². The van der Waals surface area contributed by atoms with Gasteiger partial charge in [0.2, 0.25) is 0 Å². The number of rotatable bonds is 0. The van der Waals surface area contributed by atoms with Gasteiger partial charge in [0.1, 0.15) is 17.2 Å². The van der Waals surface area contributed by atoms with Crippen LogP contribution in [-0.4, -0.2) is 15.3 Å². The molecule has 0 aliphatic carbocycles. The van der Waals surface area contributed by atoms with E-state index in [2.05, 4.69) is 0 Å². The summed E-state index contributed by atoms with van der Waals surface area (Å²) in [7, 11) is 0. The fourth-order valence-corrected chi connectivity index (χ4v) is 1.67. The van der Waals surface area contributed by atoms with E-state index >= 15 is 0 Å². The Bertz CT molecular complexity index is 674. The van der Waals surface area contributed by atoms with Crippen molar-refractivity contribution in [3.8, 4) is 17.2 Å². The first-order valence-electron chi connectivity index (χ1n) is 8.40. The number of para-hydroxylation sites is 3. The maximum absolute atomic E-state index is 8.63. The normalized spacial score (nSPS) is 8.44. The Morgan fingerprint density at radius 3 is 0.519 bits per heavy atom. The number of phenolic OH excluding ortho intramolecular Hbond substituents is 3. The van der Waals surface area contributed by atoms with E-state index in [-0.39, 0.29) is 0 Å². The topological polar surface area (TPSA) is 60.7 Å². The van der Waals surface area contributed by atoms with Crippen LogP contribution in [0.25, 0.3) is 0 Å². The highest BCUT2D eigenvalue weighted by molar-refractivity contribution is 5.19. The Hall–Kier alpha value is -3.72. The van der Waals surface area contributed by atoms with Crippen molar-refractivity contribution in [2.45, 2.75) is 0 Å². The summed E-state index contributed by atoms with van der Waals surface area (Å²) in [6.07, 6.45) is 0. The smallest absolute Gasteiger partial charge is 0.115 e. The number of hydrogen-bond acceptors (Lipinski definition) is 3. The number of phenols is 3. The third-order valence-corrected chi connectivity index (χ3v) is 2.94. The Morgan fingerprint density at radius 1 is 0.259 bits per heavy atom. The van der Waals surface area contributed by atoms with Crippen molar-refractivity contribution >= 4 is 0 Å². The van der Waals surface area contributed by atoms with Crippen LogP contribution in [0.3, 0.4) is 0 Å². The number of benzene rings is 4. The lowest BCUT2D eigenvalue weighted by molar-refractivity contribution is 0.475. The van der Waals surface area contributed by atoms with Gasteiger partial charge in [-0.15, -0.1) is 0 Å². The minimum atomic E-state index is 0.322. The standard InChI is InChI=1S/3C6H6O.C6H6/c3*7-6-4-2-1-3-5-6;1-2-4-6-5-3-1/h3*1-5,7H;1-6H. The molecule has 4 aromatic carbocycles. The first kappa shape index (κ1) is 21.3. The van der Waals surface area contributed by atoms with Gasteiger partial charge in [0, 0.05) is 0 Å². The SMILES string of the molecule is Oc1ccccc1.Oc1ccccc1.Oc1ccccc1.c1ccccc1. The van der Waals surface area contributed by atoms with Crippen molar-refractivity contribution in [2.24, 2.45) is 0 Å². The molecule has 3 N–H and O–H groups in total. The van der Waals surface area contributed by atoms with Crippen LogP contribution in [0, 0.1) is 0 Å². The van der Waals surface area contributed by atoms with Crippen molar-refractivity contribution < 1.29 is 15.3 Å². The van der Waals surface area contributed by atoms with E-state index < -0.39 is 0 Å². The minimum Gasteiger partial charge on any atom is -0.508 e. The molecule has 0 atom stereocenters. The van der Waals surface area contributed by atoms with Gasteiger partial charge in [-0.3, -0.25) is 0 Å². The van der Waals surface area contributed by atoms with Crippen LogP contribution in [-0.2, 0) is 0 Å². The third-order valence-electron chi connectivity index (χ3n) is 2.94. The van der Waals surface area contributed by atoms with Crippen LogP contribution >= 0.6 is 0 Å². The van der Waals surface area contributed by atoms with E-state index in [9.17, 15) is 0 Å². The van der Waals surface area contributed by atoms with Crippen molar-refractivity contribution in [2.75, 3.05) is 0 Å².